The van der Waals surface area contributed by atoms with E-state index in [0.29, 0.717) is 50.2 Å². The number of hydrogen-bond acceptors (Lipinski definition) is 4. The Morgan fingerprint density at radius 2 is 1.78 bits per heavy atom. The predicted molar refractivity (Wildman–Crippen MR) is 140 cm³/mol. The first-order valence-electron chi connectivity index (χ1n) is 13.3. The fraction of sp³-hybridized carbons (Fsp3) is 0.500. The zero-order chi connectivity index (χ0) is 25.4. The van der Waals surface area contributed by atoms with Gasteiger partial charge in [0, 0.05) is 44.6 Å². The summed E-state index contributed by atoms with van der Waals surface area (Å²) in [5, 5.41) is 0. The standard InChI is InChI=1S/C30H36N2O4/c1-4-5-6-22-8-10-24(11-9-22)32-19-23(17-27(32)34)29(35)31-15-13-30(14-16-31)18-26(33)25-12-7-20(2)21(3)28(25)36-30/h7-12,23H,4-6,13-19H2,1-3H3. The van der Waals surface area contributed by atoms with Crippen molar-refractivity contribution in [1.82, 2.24) is 4.90 Å². The monoisotopic (exact) mass is 488 g/mol. The summed E-state index contributed by atoms with van der Waals surface area (Å²) < 4.78 is 6.50. The summed E-state index contributed by atoms with van der Waals surface area (Å²) in [5.41, 5.74) is 4.39. The number of benzene rings is 2. The predicted octanol–water partition coefficient (Wildman–Crippen LogP) is 5.03. The van der Waals surface area contributed by atoms with Crippen molar-refractivity contribution < 1.29 is 19.1 Å². The first-order valence-corrected chi connectivity index (χ1v) is 13.3. The van der Waals surface area contributed by atoms with E-state index in [9.17, 15) is 14.4 Å². The van der Waals surface area contributed by atoms with Crippen LogP contribution in [-0.2, 0) is 16.0 Å². The molecule has 0 radical (unpaired) electrons. The van der Waals surface area contributed by atoms with E-state index in [1.807, 2.05) is 43.0 Å². The zero-order valence-electron chi connectivity index (χ0n) is 21.6. The van der Waals surface area contributed by atoms with E-state index in [0.717, 1.165) is 36.1 Å². The summed E-state index contributed by atoms with van der Waals surface area (Å²) >= 11 is 0. The van der Waals surface area contributed by atoms with E-state index in [4.69, 9.17) is 4.74 Å². The average molecular weight is 489 g/mol. The Morgan fingerprint density at radius 3 is 2.47 bits per heavy atom. The highest BCUT2D eigenvalue weighted by Crippen LogP contribution is 2.42. The van der Waals surface area contributed by atoms with E-state index in [-0.39, 0.29) is 29.9 Å². The Hall–Kier alpha value is -3.15. The molecule has 0 aliphatic carbocycles. The van der Waals surface area contributed by atoms with Gasteiger partial charge < -0.3 is 14.5 Å². The van der Waals surface area contributed by atoms with E-state index in [1.165, 1.54) is 5.56 Å². The molecule has 0 aromatic heterocycles. The first-order chi connectivity index (χ1) is 17.3. The van der Waals surface area contributed by atoms with Crippen molar-refractivity contribution in [2.75, 3.05) is 24.5 Å². The van der Waals surface area contributed by atoms with Gasteiger partial charge in [-0.1, -0.05) is 31.5 Å². The van der Waals surface area contributed by atoms with Crippen LogP contribution in [0.5, 0.6) is 5.75 Å². The number of piperidine rings is 1. The topological polar surface area (TPSA) is 66.9 Å². The molecule has 1 spiro atoms. The van der Waals surface area contributed by atoms with Gasteiger partial charge in [0.1, 0.15) is 11.4 Å². The highest BCUT2D eigenvalue weighted by atomic mass is 16.5. The Balaban J connectivity index is 1.21. The molecule has 3 aliphatic rings. The van der Waals surface area contributed by atoms with Crippen molar-refractivity contribution in [1.29, 1.82) is 0 Å². The lowest BCUT2D eigenvalue weighted by Gasteiger charge is -2.44. The molecule has 0 bridgehead atoms. The third-order valence-electron chi connectivity index (χ3n) is 8.31. The minimum Gasteiger partial charge on any atom is -0.486 e. The second-order valence-corrected chi connectivity index (χ2v) is 10.8. The highest BCUT2D eigenvalue weighted by molar-refractivity contribution is 6.01. The number of ketones is 1. The molecule has 2 fully saturated rings. The maximum absolute atomic E-state index is 13.4. The van der Waals surface area contributed by atoms with Crippen LogP contribution >= 0.6 is 0 Å². The number of unbranched alkanes of at least 4 members (excludes halogenated alkanes) is 1. The van der Waals surface area contributed by atoms with Gasteiger partial charge in [0.2, 0.25) is 11.8 Å². The summed E-state index contributed by atoms with van der Waals surface area (Å²) in [6.45, 7) is 7.72. The van der Waals surface area contributed by atoms with Crippen LogP contribution in [0.2, 0.25) is 0 Å². The number of carbonyl (C=O) groups is 3. The Bertz CT molecular complexity index is 1180. The van der Waals surface area contributed by atoms with Gasteiger partial charge in [-0.15, -0.1) is 0 Å². The molecule has 2 aromatic rings. The van der Waals surface area contributed by atoms with Crippen LogP contribution in [0.1, 0.15) is 72.5 Å². The maximum atomic E-state index is 13.4. The number of rotatable bonds is 5. The molecule has 2 aromatic carbocycles. The van der Waals surface area contributed by atoms with Crippen molar-refractivity contribution in [2.45, 2.75) is 71.3 Å². The normalized spacial score (nSPS) is 21.0. The quantitative estimate of drug-likeness (QED) is 0.592. The Morgan fingerprint density at radius 1 is 1.06 bits per heavy atom. The van der Waals surface area contributed by atoms with Crippen LogP contribution in [0, 0.1) is 19.8 Å². The van der Waals surface area contributed by atoms with Gasteiger partial charge in [-0.25, -0.2) is 0 Å². The molecule has 1 atom stereocenters. The largest absolute Gasteiger partial charge is 0.486 e. The number of amides is 2. The van der Waals surface area contributed by atoms with Crippen molar-refractivity contribution in [3.05, 3.63) is 58.7 Å². The van der Waals surface area contributed by atoms with Gasteiger partial charge >= 0.3 is 0 Å². The third-order valence-corrected chi connectivity index (χ3v) is 8.31. The van der Waals surface area contributed by atoms with Crippen LogP contribution in [-0.4, -0.2) is 47.7 Å². The van der Waals surface area contributed by atoms with Crippen molar-refractivity contribution >= 4 is 23.3 Å². The molecule has 3 heterocycles. The number of likely N-dealkylation sites (tertiary alicyclic amines) is 1. The van der Waals surface area contributed by atoms with E-state index >= 15 is 0 Å². The molecule has 0 N–H and O–H groups in total. The molecule has 0 saturated carbocycles. The van der Waals surface area contributed by atoms with Crippen LogP contribution in [0.4, 0.5) is 5.69 Å². The average Bonchev–Trinajstić information content (AvgIpc) is 3.27. The molecule has 36 heavy (non-hydrogen) atoms. The van der Waals surface area contributed by atoms with Crippen molar-refractivity contribution in [3.63, 3.8) is 0 Å². The summed E-state index contributed by atoms with van der Waals surface area (Å²) in [5.74, 6) is 0.549. The highest BCUT2D eigenvalue weighted by Gasteiger charge is 2.46. The van der Waals surface area contributed by atoms with E-state index in [1.54, 1.807) is 4.90 Å². The number of hydrogen-bond donors (Lipinski definition) is 0. The van der Waals surface area contributed by atoms with Gasteiger partial charge in [0.15, 0.2) is 5.78 Å². The number of aryl methyl sites for hydroxylation is 2. The van der Waals surface area contributed by atoms with Crippen LogP contribution < -0.4 is 9.64 Å². The summed E-state index contributed by atoms with van der Waals surface area (Å²) in [6, 6.07) is 12.0. The number of fused-ring (bicyclic) bond motifs is 1. The van der Waals surface area contributed by atoms with Gasteiger partial charge in [-0.2, -0.15) is 0 Å². The summed E-state index contributed by atoms with van der Waals surface area (Å²) in [4.78, 5) is 42.7. The SMILES string of the molecule is CCCCc1ccc(N2CC(C(=O)N3CCC4(CC3)CC(=O)c3ccc(C)c(C)c3O4)CC2=O)cc1. The zero-order valence-corrected chi connectivity index (χ0v) is 21.6. The van der Waals surface area contributed by atoms with Gasteiger partial charge in [0.05, 0.1) is 17.9 Å². The smallest absolute Gasteiger partial charge is 0.228 e. The molecular weight excluding hydrogens is 452 g/mol. The third kappa shape index (κ3) is 4.54. The molecule has 2 amide bonds. The number of Topliss-reactive ketones (excluding diaryl/α,β-unsaturated/α-hetero) is 1. The maximum Gasteiger partial charge on any atom is 0.228 e. The lowest BCUT2D eigenvalue weighted by atomic mass is 9.81. The molecule has 3 aliphatic heterocycles. The van der Waals surface area contributed by atoms with Crippen LogP contribution in [0.3, 0.4) is 0 Å². The summed E-state index contributed by atoms with van der Waals surface area (Å²) in [6.07, 6.45) is 5.21. The number of anilines is 1. The molecule has 6 heteroatoms. The second kappa shape index (κ2) is 9.72. The molecule has 1 unspecified atom stereocenters. The Labute approximate surface area is 213 Å². The fourth-order valence-electron chi connectivity index (χ4n) is 5.80. The van der Waals surface area contributed by atoms with E-state index in [2.05, 4.69) is 19.1 Å². The molecular formula is C30H36N2O4. The van der Waals surface area contributed by atoms with Crippen molar-refractivity contribution in [2.24, 2.45) is 5.92 Å². The molecule has 6 nitrogen and oxygen atoms in total. The minimum absolute atomic E-state index is 0.00630. The fourth-order valence-corrected chi connectivity index (χ4v) is 5.80. The van der Waals surface area contributed by atoms with Crippen LogP contribution in [0.15, 0.2) is 36.4 Å². The number of nitrogens with zero attached hydrogens (tertiary/aromatic N) is 2. The minimum atomic E-state index is -0.545. The lowest BCUT2D eigenvalue weighted by molar-refractivity contribution is -0.139. The molecule has 5 rings (SSSR count). The van der Waals surface area contributed by atoms with Crippen molar-refractivity contribution in [3.8, 4) is 5.75 Å². The lowest BCUT2D eigenvalue weighted by Crippen LogP contribution is -2.53. The molecule has 190 valence electrons. The number of carbonyl (C=O) groups excluding carboxylic acids is 3. The second-order valence-electron chi connectivity index (χ2n) is 10.8. The number of ether oxygens (including phenoxy) is 1. The Kier molecular flexibility index (Phi) is 6.62. The summed E-state index contributed by atoms with van der Waals surface area (Å²) in [7, 11) is 0. The van der Waals surface area contributed by atoms with Crippen LogP contribution in [0.25, 0.3) is 0 Å². The van der Waals surface area contributed by atoms with Gasteiger partial charge in [-0.3, -0.25) is 14.4 Å². The van der Waals surface area contributed by atoms with Gasteiger partial charge in [-0.05, 0) is 61.6 Å². The first kappa shape index (κ1) is 24.5. The van der Waals surface area contributed by atoms with Gasteiger partial charge in [0.25, 0.3) is 0 Å². The van der Waals surface area contributed by atoms with E-state index < -0.39 is 5.60 Å². The molecule has 2 saturated heterocycles.